The van der Waals surface area contributed by atoms with Crippen LogP contribution in [-0.2, 0) is 5.41 Å². The van der Waals surface area contributed by atoms with Crippen LogP contribution in [0.4, 0.5) is 0 Å². The lowest BCUT2D eigenvalue weighted by Crippen LogP contribution is -2.36. The molecular formula is C39H34O4. The maximum atomic E-state index is 9.36. The molecule has 0 atom stereocenters. The van der Waals surface area contributed by atoms with E-state index in [1.54, 1.807) is 0 Å². The van der Waals surface area contributed by atoms with Gasteiger partial charge in [0.2, 0.25) is 0 Å². The van der Waals surface area contributed by atoms with Crippen LogP contribution in [0.25, 0.3) is 33.2 Å². The molecule has 43 heavy (non-hydrogen) atoms. The van der Waals surface area contributed by atoms with Gasteiger partial charge in [0.1, 0.15) is 24.7 Å². The van der Waals surface area contributed by atoms with E-state index in [9.17, 15) is 10.2 Å². The average molecular weight is 567 g/mol. The molecule has 2 aliphatic rings. The van der Waals surface area contributed by atoms with Gasteiger partial charge >= 0.3 is 0 Å². The van der Waals surface area contributed by atoms with Gasteiger partial charge in [0.05, 0.1) is 18.6 Å². The second-order valence-corrected chi connectivity index (χ2v) is 11.3. The van der Waals surface area contributed by atoms with E-state index in [-0.39, 0.29) is 26.4 Å². The van der Waals surface area contributed by atoms with Crippen LogP contribution in [0.5, 0.6) is 11.5 Å². The van der Waals surface area contributed by atoms with Crippen LogP contribution in [0.1, 0.15) is 22.3 Å². The predicted molar refractivity (Wildman–Crippen MR) is 174 cm³/mol. The number of benzene rings is 5. The number of aliphatic hydroxyl groups is 2. The highest BCUT2D eigenvalue weighted by Gasteiger charge is 2.41. The monoisotopic (exact) mass is 566 g/mol. The summed E-state index contributed by atoms with van der Waals surface area (Å²) in [4.78, 5) is 0. The Morgan fingerprint density at radius 1 is 0.651 bits per heavy atom. The minimum Gasteiger partial charge on any atom is -0.491 e. The highest BCUT2D eigenvalue weighted by atomic mass is 16.5. The topological polar surface area (TPSA) is 58.9 Å². The lowest BCUT2D eigenvalue weighted by atomic mass is 9.64. The Balaban J connectivity index is 1.60. The van der Waals surface area contributed by atoms with Gasteiger partial charge in [-0.15, -0.1) is 0 Å². The van der Waals surface area contributed by atoms with Gasteiger partial charge in [0.25, 0.3) is 0 Å². The van der Waals surface area contributed by atoms with E-state index >= 15 is 0 Å². The normalized spacial score (nSPS) is 14.8. The van der Waals surface area contributed by atoms with Crippen molar-refractivity contribution in [2.24, 2.45) is 0 Å². The molecular weight excluding hydrogens is 532 g/mol. The molecule has 2 aliphatic carbocycles. The zero-order chi connectivity index (χ0) is 29.6. The van der Waals surface area contributed by atoms with Crippen LogP contribution in [0, 0.1) is 13.8 Å². The van der Waals surface area contributed by atoms with E-state index in [4.69, 9.17) is 9.47 Å². The number of allylic oxidation sites excluding steroid dienone is 4. The Bertz CT molecular complexity index is 2030. The summed E-state index contributed by atoms with van der Waals surface area (Å²) in [5.41, 5.74) is 6.17. The standard InChI is InChI=1S/C39H34O4/c1-25-22-28(13-15-35(25)42-20-18-40)39(29-14-16-36(26(2)23-29)43-21-19-41)17-7-8-27-24-34-32-11-4-3-9-30(32)31-10-5-6-12-33(31)37(34)38(27)39/h3-17,22-24,40-41H,18-21H2,1-2H3. The van der Waals surface area contributed by atoms with Crippen molar-refractivity contribution in [3.05, 3.63) is 141 Å². The van der Waals surface area contributed by atoms with Crippen molar-refractivity contribution in [3.8, 4) is 11.5 Å². The fraction of sp³-hybridized carbons (Fsp3) is 0.179. The van der Waals surface area contributed by atoms with Gasteiger partial charge in [-0.3, -0.25) is 0 Å². The van der Waals surface area contributed by atoms with Crippen molar-refractivity contribution in [2.75, 3.05) is 26.4 Å². The van der Waals surface area contributed by atoms with E-state index in [1.165, 1.54) is 43.1 Å². The Hall–Kier alpha value is -4.64. The number of ether oxygens (including phenoxy) is 2. The largest absolute Gasteiger partial charge is 0.491 e. The molecule has 0 heterocycles. The number of aryl methyl sites for hydroxylation is 2. The van der Waals surface area contributed by atoms with Crippen LogP contribution < -0.4 is 19.9 Å². The first-order valence-corrected chi connectivity index (χ1v) is 14.8. The summed E-state index contributed by atoms with van der Waals surface area (Å²) in [5, 5.41) is 26.2. The van der Waals surface area contributed by atoms with E-state index < -0.39 is 5.41 Å². The zero-order valence-electron chi connectivity index (χ0n) is 24.4. The van der Waals surface area contributed by atoms with Crippen LogP contribution in [0.15, 0.2) is 109 Å². The first kappa shape index (κ1) is 27.2. The van der Waals surface area contributed by atoms with Gasteiger partial charge in [-0.2, -0.15) is 0 Å². The minimum atomic E-state index is -0.600. The summed E-state index contributed by atoms with van der Waals surface area (Å²) in [6.07, 6.45) is 9.09. The second kappa shape index (κ2) is 10.9. The third kappa shape index (κ3) is 4.29. The summed E-state index contributed by atoms with van der Waals surface area (Å²) in [6.45, 7) is 4.57. The molecule has 4 nitrogen and oxygen atoms in total. The molecule has 0 aromatic heterocycles. The van der Waals surface area contributed by atoms with E-state index in [2.05, 4.69) is 111 Å². The number of rotatable bonds is 8. The molecule has 5 aromatic carbocycles. The SMILES string of the molecule is Cc1cc(C2(c3ccc(OCCO)c(C)c3)C=CC=C3C=c4c(c5ccccc5c5ccccc45)=C32)ccc1OCCO. The first-order valence-electron chi connectivity index (χ1n) is 14.8. The molecule has 0 saturated carbocycles. The Kier molecular flexibility index (Phi) is 6.89. The molecule has 0 amide bonds. The van der Waals surface area contributed by atoms with E-state index in [0.717, 1.165) is 33.8 Å². The molecule has 4 heteroatoms. The van der Waals surface area contributed by atoms with Crippen molar-refractivity contribution < 1.29 is 19.7 Å². The Morgan fingerprint density at radius 2 is 1.19 bits per heavy atom. The molecule has 0 fully saturated rings. The van der Waals surface area contributed by atoms with Gasteiger partial charge in [-0.25, -0.2) is 0 Å². The molecule has 0 radical (unpaired) electrons. The molecule has 5 aromatic rings. The first-order chi connectivity index (χ1) is 21.1. The van der Waals surface area contributed by atoms with Crippen molar-refractivity contribution in [3.63, 3.8) is 0 Å². The van der Waals surface area contributed by atoms with E-state index in [0.29, 0.717) is 0 Å². The molecule has 0 bridgehead atoms. The molecule has 0 unspecified atom stereocenters. The number of fused-ring (bicyclic) bond motifs is 7. The summed E-state index contributed by atoms with van der Waals surface area (Å²) >= 11 is 0. The summed E-state index contributed by atoms with van der Waals surface area (Å²) < 4.78 is 11.7. The zero-order valence-corrected chi connectivity index (χ0v) is 24.4. The summed E-state index contributed by atoms with van der Waals surface area (Å²) in [6, 6.07) is 30.3. The van der Waals surface area contributed by atoms with E-state index in [1.807, 2.05) is 12.1 Å². The summed E-state index contributed by atoms with van der Waals surface area (Å²) in [5.74, 6) is 1.54. The third-order valence-corrected chi connectivity index (χ3v) is 8.79. The van der Waals surface area contributed by atoms with Crippen molar-refractivity contribution in [2.45, 2.75) is 19.3 Å². The van der Waals surface area contributed by atoms with Crippen molar-refractivity contribution in [1.82, 2.24) is 0 Å². The van der Waals surface area contributed by atoms with Crippen molar-refractivity contribution in [1.29, 1.82) is 0 Å². The smallest absolute Gasteiger partial charge is 0.122 e. The molecule has 2 N–H and O–H groups in total. The molecule has 0 aliphatic heterocycles. The van der Waals surface area contributed by atoms with Gasteiger partial charge < -0.3 is 19.7 Å². The van der Waals surface area contributed by atoms with Crippen molar-refractivity contribution >= 4 is 33.2 Å². The molecule has 0 saturated heterocycles. The quantitative estimate of drug-likeness (QED) is 0.234. The molecule has 214 valence electrons. The maximum absolute atomic E-state index is 9.36. The molecule has 0 spiro atoms. The highest BCUT2D eigenvalue weighted by Crippen LogP contribution is 2.49. The summed E-state index contributed by atoms with van der Waals surface area (Å²) in [7, 11) is 0. The highest BCUT2D eigenvalue weighted by molar-refractivity contribution is 6.12. The molecule has 7 rings (SSSR count). The lowest BCUT2D eigenvalue weighted by molar-refractivity contribution is 0.200. The number of aliphatic hydroxyl groups excluding tert-OH is 2. The van der Waals surface area contributed by atoms with Gasteiger partial charge in [0, 0.05) is 0 Å². The minimum absolute atomic E-state index is 0.0302. The van der Waals surface area contributed by atoms with Crippen LogP contribution in [-0.4, -0.2) is 36.6 Å². The van der Waals surface area contributed by atoms with Crippen LogP contribution in [0.3, 0.4) is 0 Å². The van der Waals surface area contributed by atoms with Gasteiger partial charge in [-0.05, 0) is 97.4 Å². The van der Waals surface area contributed by atoms with Gasteiger partial charge in [0.15, 0.2) is 0 Å². The van der Waals surface area contributed by atoms with Crippen LogP contribution in [0.2, 0.25) is 0 Å². The van der Waals surface area contributed by atoms with Crippen LogP contribution >= 0.6 is 0 Å². The lowest BCUT2D eigenvalue weighted by Gasteiger charge is -2.37. The third-order valence-electron chi connectivity index (χ3n) is 8.79. The van der Waals surface area contributed by atoms with Gasteiger partial charge in [-0.1, -0.05) is 91.0 Å². The fourth-order valence-corrected chi connectivity index (χ4v) is 6.97. The second-order valence-electron chi connectivity index (χ2n) is 11.3. The Labute approximate surface area is 251 Å². The number of hydrogen-bond donors (Lipinski definition) is 2. The maximum Gasteiger partial charge on any atom is 0.122 e. The predicted octanol–water partition coefficient (Wildman–Crippen LogP) is 5.78. The number of hydrogen-bond acceptors (Lipinski definition) is 4. The fourth-order valence-electron chi connectivity index (χ4n) is 6.97. The Morgan fingerprint density at radius 3 is 1.74 bits per heavy atom. The average Bonchev–Trinajstić information content (AvgIpc) is 3.44.